The highest BCUT2D eigenvalue weighted by molar-refractivity contribution is 5.89. The van der Waals surface area contributed by atoms with Crippen LogP contribution in [-0.4, -0.2) is 21.9 Å². The molecule has 0 bridgehead atoms. The van der Waals surface area contributed by atoms with Crippen LogP contribution in [0.2, 0.25) is 0 Å². The summed E-state index contributed by atoms with van der Waals surface area (Å²) < 4.78 is 1.84. The highest BCUT2D eigenvalue weighted by Crippen LogP contribution is 2.24. The number of hydrazone groups is 1. The van der Waals surface area contributed by atoms with Crippen molar-refractivity contribution >= 4 is 12.1 Å². The molecule has 1 aliphatic carbocycles. The van der Waals surface area contributed by atoms with Crippen molar-refractivity contribution in [2.45, 2.75) is 32.1 Å². The Kier molecular flexibility index (Phi) is 5.61. The lowest BCUT2D eigenvalue weighted by atomic mass is 9.89. The highest BCUT2D eigenvalue weighted by atomic mass is 16.2. The lowest BCUT2D eigenvalue weighted by Crippen LogP contribution is -2.28. The molecule has 1 N–H and O–H groups in total. The number of para-hydroxylation sites is 1. The van der Waals surface area contributed by atoms with Gasteiger partial charge in [0, 0.05) is 23.2 Å². The number of carbonyl (C=O) groups is 1. The molecule has 1 amide bonds. The summed E-state index contributed by atoms with van der Waals surface area (Å²) in [6.45, 7) is 0. The summed E-state index contributed by atoms with van der Waals surface area (Å²) in [5, 5.41) is 8.98. The predicted octanol–water partition coefficient (Wildman–Crippen LogP) is 4.57. The zero-order valence-electron chi connectivity index (χ0n) is 15.8. The van der Waals surface area contributed by atoms with Gasteiger partial charge >= 0.3 is 0 Å². The van der Waals surface area contributed by atoms with Crippen LogP contribution >= 0.6 is 0 Å². The van der Waals surface area contributed by atoms with Crippen LogP contribution in [-0.2, 0) is 4.79 Å². The van der Waals surface area contributed by atoms with Crippen molar-refractivity contribution in [2.75, 3.05) is 0 Å². The average molecular weight is 372 g/mol. The smallest absolute Gasteiger partial charge is 0.243 e. The van der Waals surface area contributed by atoms with Gasteiger partial charge in [-0.1, -0.05) is 67.8 Å². The van der Waals surface area contributed by atoms with Gasteiger partial charge in [-0.15, -0.1) is 0 Å². The second-order valence-corrected chi connectivity index (χ2v) is 7.15. The fourth-order valence-corrected chi connectivity index (χ4v) is 3.64. The van der Waals surface area contributed by atoms with Crippen molar-refractivity contribution in [1.29, 1.82) is 0 Å². The SMILES string of the molecule is O=C(N/N=C/c1cn(-c2ccccc2)nc1-c1ccccc1)C1CCCCC1. The molecule has 0 aliphatic heterocycles. The second kappa shape index (κ2) is 8.65. The van der Waals surface area contributed by atoms with Gasteiger partial charge in [-0.3, -0.25) is 4.79 Å². The average Bonchev–Trinajstić information content (AvgIpc) is 3.20. The summed E-state index contributed by atoms with van der Waals surface area (Å²) in [5.74, 6) is 0.110. The fourth-order valence-electron chi connectivity index (χ4n) is 3.64. The highest BCUT2D eigenvalue weighted by Gasteiger charge is 2.20. The maximum absolute atomic E-state index is 12.3. The van der Waals surface area contributed by atoms with E-state index in [2.05, 4.69) is 10.5 Å². The molecule has 5 nitrogen and oxygen atoms in total. The summed E-state index contributed by atoms with van der Waals surface area (Å²) in [6.07, 6.45) is 9.04. The minimum Gasteiger partial charge on any atom is -0.273 e. The van der Waals surface area contributed by atoms with Gasteiger partial charge < -0.3 is 0 Å². The Balaban J connectivity index is 1.58. The van der Waals surface area contributed by atoms with Gasteiger partial charge in [0.2, 0.25) is 5.91 Å². The van der Waals surface area contributed by atoms with Gasteiger partial charge in [-0.05, 0) is 25.0 Å². The number of rotatable bonds is 5. The molecule has 0 radical (unpaired) electrons. The van der Waals surface area contributed by atoms with Crippen LogP contribution in [0, 0.1) is 5.92 Å². The molecule has 0 unspecified atom stereocenters. The van der Waals surface area contributed by atoms with Gasteiger partial charge in [0.15, 0.2) is 0 Å². The Labute approximate surface area is 165 Å². The third kappa shape index (κ3) is 4.19. The van der Waals surface area contributed by atoms with Gasteiger partial charge in [-0.25, -0.2) is 10.1 Å². The number of benzene rings is 2. The van der Waals surface area contributed by atoms with Crippen LogP contribution in [0.3, 0.4) is 0 Å². The van der Waals surface area contributed by atoms with Crippen LogP contribution in [0.4, 0.5) is 0 Å². The zero-order valence-corrected chi connectivity index (χ0v) is 15.8. The van der Waals surface area contributed by atoms with E-state index in [9.17, 15) is 4.79 Å². The van der Waals surface area contributed by atoms with E-state index >= 15 is 0 Å². The Morgan fingerprint density at radius 3 is 2.39 bits per heavy atom. The van der Waals surface area contributed by atoms with Crippen molar-refractivity contribution in [3.8, 4) is 16.9 Å². The summed E-state index contributed by atoms with van der Waals surface area (Å²) in [7, 11) is 0. The first kappa shape index (κ1) is 18.2. The van der Waals surface area contributed by atoms with Crippen molar-refractivity contribution in [2.24, 2.45) is 11.0 Å². The molecule has 3 aromatic rings. The van der Waals surface area contributed by atoms with Crippen LogP contribution < -0.4 is 5.43 Å². The first-order valence-electron chi connectivity index (χ1n) is 9.85. The Bertz CT molecular complexity index is 941. The molecule has 28 heavy (non-hydrogen) atoms. The number of amides is 1. The van der Waals surface area contributed by atoms with E-state index in [1.54, 1.807) is 6.21 Å². The fraction of sp³-hybridized carbons (Fsp3) is 0.261. The van der Waals surface area contributed by atoms with Crippen molar-refractivity contribution in [3.05, 3.63) is 72.4 Å². The molecule has 1 aromatic heterocycles. The van der Waals surface area contributed by atoms with E-state index in [1.165, 1.54) is 6.42 Å². The maximum Gasteiger partial charge on any atom is 0.243 e. The molecule has 1 saturated carbocycles. The molecular formula is C23H24N4O. The summed E-state index contributed by atoms with van der Waals surface area (Å²) >= 11 is 0. The van der Waals surface area contributed by atoms with E-state index in [-0.39, 0.29) is 11.8 Å². The first-order chi connectivity index (χ1) is 13.8. The van der Waals surface area contributed by atoms with Crippen LogP contribution in [0.15, 0.2) is 72.0 Å². The predicted molar refractivity (Wildman–Crippen MR) is 111 cm³/mol. The van der Waals surface area contributed by atoms with Gasteiger partial charge in [0.25, 0.3) is 0 Å². The normalized spacial score (nSPS) is 15.0. The monoisotopic (exact) mass is 372 g/mol. The van der Waals surface area contributed by atoms with Gasteiger partial charge in [0.05, 0.1) is 11.9 Å². The van der Waals surface area contributed by atoms with Crippen molar-refractivity contribution in [1.82, 2.24) is 15.2 Å². The molecule has 0 spiro atoms. The number of hydrogen-bond acceptors (Lipinski definition) is 3. The first-order valence-corrected chi connectivity index (χ1v) is 9.85. The number of nitrogens with zero attached hydrogens (tertiary/aromatic N) is 3. The van der Waals surface area contributed by atoms with Crippen LogP contribution in [0.5, 0.6) is 0 Å². The molecule has 2 aromatic carbocycles. The third-order valence-electron chi connectivity index (χ3n) is 5.16. The Morgan fingerprint density at radius 2 is 1.68 bits per heavy atom. The number of nitrogens with one attached hydrogen (secondary N) is 1. The van der Waals surface area contributed by atoms with E-state index in [0.717, 1.165) is 48.2 Å². The number of aromatic nitrogens is 2. The molecule has 1 fully saturated rings. The summed E-state index contributed by atoms with van der Waals surface area (Å²) in [5.41, 5.74) is 6.40. The molecule has 5 heteroatoms. The van der Waals surface area contributed by atoms with Crippen LogP contribution in [0.25, 0.3) is 16.9 Å². The summed E-state index contributed by atoms with van der Waals surface area (Å²) in [4.78, 5) is 12.3. The van der Waals surface area contributed by atoms with E-state index < -0.39 is 0 Å². The minimum absolute atomic E-state index is 0.0210. The second-order valence-electron chi connectivity index (χ2n) is 7.15. The lowest BCUT2D eigenvalue weighted by molar-refractivity contribution is -0.125. The lowest BCUT2D eigenvalue weighted by Gasteiger charge is -2.19. The minimum atomic E-state index is 0.0210. The number of carbonyl (C=O) groups excluding carboxylic acids is 1. The quantitative estimate of drug-likeness (QED) is 0.527. The van der Waals surface area contributed by atoms with Crippen molar-refractivity contribution in [3.63, 3.8) is 0 Å². The molecule has 0 saturated heterocycles. The maximum atomic E-state index is 12.3. The topological polar surface area (TPSA) is 59.3 Å². The van der Waals surface area contributed by atoms with E-state index in [0.29, 0.717) is 0 Å². The molecular weight excluding hydrogens is 348 g/mol. The molecule has 4 rings (SSSR count). The van der Waals surface area contributed by atoms with Crippen molar-refractivity contribution < 1.29 is 4.79 Å². The van der Waals surface area contributed by atoms with E-state index in [1.807, 2.05) is 71.5 Å². The standard InChI is InChI=1S/C23H24N4O/c28-23(19-12-6-2-7-13-19)25-24-16-20-17-27(21-14-8-3-9-15-21)26-22(20)18-10-4-1-5-11-18/h1,3-5,8-11,14-17,19H,2,6-7,12-13H2,(H,25,28)/b24-16+. The molecule has 0 atom stereocenters. The van der Waals surface area contributed by atoms with Gasteiger partial charge in [0.1, 0.15) is 5.69 Å². The van der Waals surface area contributed by atoms with Crippen LogP contribution in [0.1, 0.15) is 37.7 Å². The molecule has 142 valence electrons. The zero-order chi connectivity index (χ0) is 19.2. The Morgan fingerprint density at radius 1 is 1.00 bits per heavy atom. The molecule has 1 aliphatic rings. The van der Waals surface area contributed by atoms with Gasteiger partial charge in [-0.2, -0.15) is 10.2 Å². The largest absolute Gasteiger partial charge is 0.273 e. The number of hydrogen-bond donors (Lipinski definition) is 1. The third-order valence-corrected chi connectivity index (χ3v) is 5.16. The molecule has 1 heterocycles. The summed E-state index contributed by atoms with van der Waals surface area (Å²) in [6, 6.07) is 20.0. The Hall–Kier alpha value is -3.21. The van der Waals surface area contributed by atoms with E-state index in [4.69, 9.17) is 5.10 Å².